The van der Waals surface area contributed by atoms with Gasteiger partial charge < -0.3 is 10.1 Å². The maximum atomic E-state index is 12.1. The second-order valence-corrected chi connectivity index (χ2v) is 6.64. The molecule has 0 unspecified atom stereocenters. The molecule has 2 rings (SSSR count). The molecule has 0 aliphatic heterocycles. The second kappa shape index (κ2) is 7.11. The number of alkyl halides is 3. The smallest absolute Gasteiger partial charge is 0.406 e. The normalized spacial score (nSPS) is 11.8. The molecule has 0 aromatic heterocycles. The lowest BCUT2D eigenvalue weighted by molar-refractivity contribution is -0.274. The first kappa shape index (κ1) is 18.7. The average Bonchev–Trinajstić information content (AvgIpc) is 2.55. The average molecular weight is 374 g/mol. The summed E-state index contributed by atoms with van der Waals surface area (Å²) in [5.41, 5.74) is 0.442. The van der Waals surface area contributed by atoms with Gasteiger partial charge in [-0.1, -0.05) is 0 Å². The molecule has 0 radical (unpaired) electrons. The second-order valence-electron chi connectivity index (χ2n) is 4.76. The van der Waals surface area contributed by atoms with Crippen LogP contribution in [0, 0.1) is 0 Å². The van der Waals surface area contributed by atoms with E-state index in [2.05, 4.69) is 14.8 Å². The molecule has 0 fully saturated rings. The minimum absolute atomic E-state index is 0.000187. The first-order chi connectivity index (χ1) is 11.6. The van der Waals surface area contributed by atoms with Gasteiger partial charge in [-0.05, 0) is 55.6 Å². The molecule has 0 atom stereocenters. The van der Waals surface area contributed by atoms with Crippen LogP contribution < -0.4 is 14.8 Å². The lowest BCUT2D eigenvalue weighted by Gasteiger charge is -2.10. The third-order valence-corrected chi connectivity index (χ3v) is 4.47. The third-order valence-electron chi connectivity index (χ3n) is 3.04. The van der Waals surface area contributed by atoms with Crippen LogP contribution in [0.5, 0.6) is 5.75 Å². The third kappa shape index (κ3) is 5.19. The highest BCUT2D eigenvalue weighted by Gasteiger charge is 2.30. The van der Waals surface area contributed by atoms with Crippen molar-refractivity contribution in [2.75, 3.05) is 12.4 Å². The highest BCUT2D eigenvalue weighted by molar-refractivity contribution is 7.89. The largest absolute Gasteiger partial charge is 0.573 e. The Hall–Kier alpha value is -2.59. The maximum absolute atomic E-state index is 12.1. The summed E-state index contributed by atoms with van der Waals surface area (Å²) in [6.45, 7) is 0. The molecule has 0 saturated heterocycles. The summed E-state index contributed by atoms with van der Waals surface area (Å²) in [4.78, 5) is 12.1. The van der Waals surface area contributed by atoms with Crippen molar-refractivity contribution in [2.24, 2.45) is 0 Å². The van der Waals surface area contributed by atoms with Crippen molar-refractivity contribution in [3.63, 3.8) is 0 Å². The number of nitrogens with one attached hydrogen (secondary N) is 2. The number of sulfonamides is 1. The van der Waals surface area contributed by atoms with Gasteiger partial charge in [-0.15, -0.1) is 13.2 Å². The van der Waals surface area contributed by atoms with Crippen LogP contribution in [0.1, 0.15) is 10.4 Å². The summed E-state index contributed by atoms with van der Waals surface area (Å²) < 4.78 is 65.3. The Bertz CT molecular complexity index is 848. The molecule has 2 aromatic carbocycles. The quantitative estimate of drug-likeness (QED) is 0.843. The monoisotopic (exact) mass is 374 g/mol. The molecule has 0 spiro atoms. The molecule has 134 valence electrons. The Labute approximate surface area is 141 Å². The topological polar surface area (TPSA) is 84.5 Å². The number of carbonyl (C=O) groups is 1. The minimum Gasteiger partial charge on any atom is -0.406 e. The fraction of sp³-hybridized carbons (Fsp3) is 0.133. The van der Waals surface area contributed by atoms with E-state index in [1.54, 1.807) is 0 Å². The molecule has 2 N–H and O–H groups in total. The molecular formula is C15H13F3N2O4S. The van der Waals surface area contributed by atoms with E-state index in [4.69, 9.17) is 0 Å². The molecule has 0 saturated carbocycles. The molecule has 0 aliphatic carbocycles. The van der Waals surface area contributed by atoms with Crippen LogP contribution in [0.4, 0.5) is 18.9 Å². The fourth-order valence-electron chi connectivity index (χ4n) is 1.85. The van der Waals surface area contributed by atoms with Gasteiger partial charge in [0.1, 0.15) is 5.75 Å². The molecule has 2 aromatic rings. The fourth-order valence-corrected chi connectivity index (χ4v) is 2.58. The van der Waals surface area contributed by atoms with Gasteiger partial charge in [0.15, 0.2) is 0 Å². The molecule has 0 bridgehead atoms. The van der Waals surface area contributed by atoms with Crippen LogP contribution in [0.3, 0.4) is 0 Å². The van der Waals surface area contributed by atoms with Crippen LogP contribution in [0.15, 0.2) is 53.4 Å². The number of amides is 1. The first-order valence-corrected chi connectivity index (χ1v) is 8.30. The van der Waals surface area contributed by atoms with E-state index in [1.807, 2.05) is 0 Å². The van der Waals surface area contributed by atoms with Gasteiger partial charge in [0.05, 0.1) is 4.90 Å². The van der Waals surface area contributed by atoms with Gasteiger partial charge in [-0.3, -0.25) is 4.79 Å². The molecule has 1 amide bonds. The van der Waals surface area contributed by atoms with Crippen LogP contribution in [-0.2, 0) is 10.0 Å². The van der Waals surface area contributed by atoms with Crippen LogP contribution in [0.2, 0.25) is 0 Å². The standard InChI is InChI=1S/C15H13F3N2O4S/c1-19-25(22,23)13-8-2-10(3-9-13)14(21)20-11-4-6-12(7-5-11)24-15(16,17)18/h2-9,19H,1H3,(H,20,21). The molecule has 6 nitrogen and oxygen atoms in total. The van der Waals surface area contributed by atoms with Gasteiger partial charge in [0.25, 0.3) is 5.91 Å². The molecule has 0 aliphatic rings. The highest BCUT2D eigenvalue weighted by atomic mass is 32.2. The first-order valence-electron chi connectivity index (χ1n) is 6.81. The lowest BCUT2D eigenvalue weighted by Crippen LogP contribution is -2.19. The Morgan fingerprint density at radius 2 is 1.56 bits per heavy atom. The number of hydrogen-bond acceptors (Lipinski definition) is 4. The minimum atomic E-state index is -4.79. The SMILES string of the molecule is CNS(=O)(=O)c1ccc(C(=O)Nc2ccc(OC(F)(F)F)cc2)cc1. The maximum Gasteiger partial charge on any atom is 0.573 e. The molecule has 10 heteroatoms. The number of carbonyl (C=O) groups excluding carboxylic acids is 1. The van der Waals surface area contributed by atoms with Crippen LogP contribution >= 0.6 is 0 Å². The zero-order valence-electron chi connectivity index (χ0n) is 12.8. The zero-order valence-corrected chi connectivity index (χ0v) is 13.6. The number of ether oxygens (including phenoxy) is 1. The Morgan fingerprint density at radius 1 is 1.00 bits per heavy atom. The predicted octanol–water partition coefficient (Wildman–Crippen LogP) is 2.75. The van der Waals surface area contributed by atoms with Crippen molar-refractivity contribution in [1.82, 2.24) is 4.72 Å². The molecule has 0 heterocycles. The summed E-state index contributed by atoms with van der Waals surface area (Å²) in [5.74, 6) is -0.954. The van der Waals surface area contributed by atoms with E-state index in [0.29, 0.717) is 0 Å². The van der Waals surface area contributed by atoms with E-state index in [9.17, 15) is 26.4 Å². The van der Waals surface area contributed by atoms with E-state index < -0.39 is 28.0 Å². The van der Waals surface area contributed by atoms with Crippen molar-refractivity contribution in [3.05, 3.63) is 54.1 Å². The molecular weight excluding hydrogens is 361 g/mol. The van der Waals surface area contributed by atoms with E-state index in [-0.39, 0.29) is 16.1 Å². The summed E-state index contributed by atoms with van der Waals surface area (Å²) in [6.07, 6.45) is -4.79. The molecule has 25 heavy (non-hydrogen) atoms. The number of rotatable bonds is 5. The summed E-state index contributed by atoms with van der Waals surface area (Å²) in [7, 11) is -2.34. The summed E-state index contributed by atoms with van der Waals surface area (Å²) >= 11 is 0. The van der Waals surface area contributed by atoms with E-state index in [1.165, 1.54) is 43.4 Å². The van der Waals surface area contributed by atoms with Gasteiger partial charge >= 0.3 is 6.36 Å². The van der Waals surface area contributed by atoms with Crippen molar-refractivity contribution in [1.29, 1.82) is 0 Å². The number of hydrogen-bond donors (Lipinski definition) is 2. The van der Waals surface area contributed by atoms with Crippen LogP contribution in [0.25, 0.3) is 0 Å². The number of benzene rings is 2. The van der Waals surface area contributed by atoms with Crippen molar-refractivity contribution < 1.29 is 31.1 Å². The van der Waals surface area contributed by atoms with Gasteiger partial charge in [0, 0.05) is 11.3 Å². The van der Waals surface area contributed by atoms with Crippen LogP contribution in [-0.4, -0.2) is 27.7 Å². The van der Waals surface area contributed by atoms with Gasteiger partial charge in [-0.25, -0.2) is 13.1 Å². The van der Waals surface area contributed by atoms with Crippen molar-refractivity contribution >= 4 is 21.6 Å². The lowest BCUT2D eigenvalue weighted by atomic mass is 10.2. The summed E-state index contributed by atoms with van der Waals surface area (Å²) in [5, 5.41) is 2.48. The van der Waals surface area contributed by atoms with Crippen molar-refractivity contribution in [2.45, 2.75) is 11.3 Å². The Balaban J connectivity index is 2.07. The van der Waals surface area contributed by atoms with E-state index in [0.717, 1.165) is 12.1 Å². The predicted molar refractivity (Wildman–Crippen MR) is 83.8 cm³/mol. The zero-order chi connectivity index (χ0) is 18.7. The van der Waals surface area contributed by atoms with Gasteiger partial charge in [0.2, 0.25) is 10.0 Å². The van der Waals surface area contributed by atoms with Crippen molar-refractivity contribution in [3.8, 4) is 5.75 Å². The summed E-state index contributed by atoms with van der Waals surface area (Å²) in [6, 6.07) is 9.79. The highest BCUT2D eigenvalue weighted by Crippen LogP contribution is 2.24. The number of halogens is 3. The van der Waals surface area contributed by atoms with Gasteiger partial charge in [-0.2, -0.15) is 0 Å². The van der Waals surface area contributed by atoms with E-state index >= 15 is 0 Å². The Kier molecular flexibility index (Phi) is 5.33. The number of anilines is 1. The Morgan fingerprint density at radius 3 is 2.04 bits per heavy atom.